The molecule has 1 heterocycles. The fourth-order valence-electron chi connectivity index (χ4n) is 4.40. The van der Waals surface area contributed by atoms with Crippen LogP contribution in [0.2, 0.25) is 0 Å². The number of rotatable bonds is 7. The third-order valence-electron chi connectivity index (χ3n) is 6.31. The Kier molecular flexibility index (Phi) is 8.88. The average Bonchev–Trinajstić information content (AvgIpc) is 2.95. The number of carboxylic acids is 1. The Bertz CT molecular complexity index is 1650. The van der Waals surface area contributed by atoms with Gasteiger partial charge in [0.15, 0.2) is 0 Å². The van der Waals surface area contributed by atoms with Gasteiger partial charge in [-0.25, -0.2) is 0 Å². The molecular weight excluding hydrogens is 501 g/mol. The summed E-state index contributed by atoms with van der Waals surface area (Å²) in [5.74, 6) is -0.443. The molecule has 0 aliphatic heterocycles. The number of carbonyl (C=O) groups is 1. The van der Waals surface area contributed by atoms with E-state index in [1.165, 1.54) is 0 Å². The number of nitrogens with zero attached hydrogens (tertiary/aromatic N) is 3. The van der Waals surface area contributed by atoms with Gasteiger partial charge in [-0.15, -0.1) is 11.8 Å². The number of thioether (sulfide) groups is 1. The van der Waals surface area contributed by atoms with Gasteiger partial charge in [0, 0.05) is 45.9 Å². The van der Waals surface area contributed by atoms with Crippen LogP contribution in [-0.4, -0.2) is 18.0 Å². The van der Waals surface area contributed by atoms with Crippen LogP contribution in [-0.2, 0) is 5.75 Å². The largest absolute Gasteiger partial charge is 1.00 e. The summed E-state index contributed by atoms with van der Waals surface area (Å²) in [4.78, 5) is 19.0. The Morgan fingerprint density at radius 1 is 0.921 bits per heavy atom. The predicted octanol–water partition coefficient (Wildman–Crippen LogP) is 3.20. The van der Waals surface area contributed by atoms with E-state index in [0.29, 0.717) is 11.1 Å². The van der Waals surface area contributed by atoms with Gasteiger partial charge in [0.1, 0.15) is 0 Å². The number of hydrogen-bond donors (Lipinski definition) is 0. The zero-order chi connectivity index (χ0) is 25.8. The van der Waals surface area contributed by atoms with E-state index >= 15 is 0 Å². The van der Waals surface area contributed by atoms with Gasteiger partial charge in [-0.3, -0.25) is 4.98 Å². The van der Waals surface area contributed by atoms with Crippen molar-refractivity contribution in [2.24, 2.45) is 0 Å². The first-order valence-electron chi connectivity index (χ1n) is 11.7. The van der Waals surface area contributed by atoms with Crippen LogP contribution in [0.3, 0.4) is 0 Å². The van der Waals surface area contributed by atoms with Crippen molar-refractivity contribution in [3.05, 3.63) is 120 Å². The van der Waals surface area contributed by atoms with E-state index in [1.54, 1.807) is 36.2 Å². The van der Waals surface area contributed by atoms with E-state index < -0.39 is 5.97 Å². The number of carboxylic acid groups (broad SMARTS) is 1. The number of benzene rings is 4. The molecule has 5 nitrogen and oxygen atoms in total. The second-order valence-corrected chi connectivity index (χ2v) is 9.53. The van der Waals surface area contributed by atoms with Gasteiger partial charge in [0.05, 0.1) is 29.5 Å². The summed E-state index contributed by atoms with van der Waals surface area (Å²) in [5, 5.41) is 22.9. The van der Waals surface area contributed by atoms with Crippen molar-refractivity contribution in [2.45, 2.75) is 10.6 Å². The minimum Gasteiger partial charge on any atom is -0.545 e. The molecule has 0 radical (unpaired) electrons. The van der Waals surface area contributed by atoms with E-state index in [1.807, 2.05) is 86.0 Å². The van der Waals surface area contributed by atoms with Crippen molar-refractivity contribution < 1.29 is 39.5 Å². The van der Waals surface area contributed by atoms with Crippen molar-refractivity contribution in [3.63, 3.8) is 0 Å². The van der Waals surface area contributed by atoms with Crippen LogP contribution >= 0.6 is 11.8 Å². The fourth-order valence-corrected chi connectivity index (χ4v) is 5.41. The molecule has 0 aliphatic carbocycles. The molecular formula is C31H22N3NaO2S. The Hall–Kier alpha value is -3.60. The fraction of sp³-hybridized carbons (Fsp3) is 0.0645. The van der Waals surface area contributed by atoms with Gasteiger partial charge in [-0.2, -0.15) is 5.26 Å². The Morgan fingerprint density at radius 2 is 1.63 bits per heavy atom. The van der Waals surface area contributed by atoms with Gasteiger partial charge in [0.2, 0.25) is 0 Å². The quantitative estimate of drug-likeness (QED) is 0.241. The molecule has 180 valence electrons. The van der Waals surface area contributed by atoms with Crippen LogP contribution < -0.4 is 39.6 Å². The topological polar surface area (TPSA) is 80.1 Å². The monoisotopic (exact) mass is 523 g/mol. The molecule has 5 rings (SSSR count). The molecule has 38 heavy (non-hydrogen) atoms. The number of hydrogen-bond acceptors (Lipinski definition) is 6. The SMILES string of the molecule is CN(c1cnccc1SCc1ccc(-c2ccccc2C(=O)[O-])cc1)c1ccc(C#N)c2ccccc12.[Na+]. The van der Waals surface area contributed by atoms with E-state index in [-0.39, 0.29) is 35.1 Å². The minimum absolute atomic E-state index is 0. The summed E-state index contributed by atoms with van der Waals surface area (Å²) in [6.45, 7) is 0. The molecule has 0 amide bonds. The molecule has 0 saturated heterocycles. The molecule has 0 unspecified atom stereocenters. The van der Waals surface area contributed by atoms with E-state index in [0.717, 1.165) is 43.9 Å². The molecule has 7 heteroatoms. The maximum Gasteiger partial charge on any atom is 1.00 e. The summed E-state index contributed by atoms with van der Waals surface area (Å²) in [7, 11) is 2.01. The first kappa shape index (κ1) is 27.4. The van der Waals surface area contributed by atoms with Crippen LogP contribution in [0.1, 0.15) is 21.5 Å². The van der Waals surface area contributed by atoms with Crippen molar-refractivity contribution in [1.82, 2.24) is 4.98 Å². The zero-order valence-corrected chi connectivity index (χ0v) is 23.9. The van der Waals surface area contributed by atoms with Crippen LogP contribution in [0.15, 0.2) is 108 Å². The number of anilines is 2. The maximum absolute atomic E-state index is 11.5. The Balaban J connectivity index is 0.00000336. The molecule has 0 N–H and O–H groups in total. The van der Waals surface area contributed by atoms with Crippen molar-refractivity contribution in [2.75, 3.05) is 11.9 Å². The Labute approximate surface area is 248 Å². The van der Waals surface area contributed by atoms with E-state index in [2.05, 4.69) is 16.0 Å². The summed E-state index contributed by atoms with van der Waals surface area (Å²) < 4.78 is 0. The van der Waals surface area contributed by atoms with Crippen LogP contribution in [0, 0.1) is 11.3 Å². The van der Waals surface area contributed by atoms with Crippen LogP contribution in [0.25, 0.3) is 21.9 Å². The first-order chi connectivity index (χ1) is 18.1. The smallest absolute Gasteiger partial charge is 0.545 e. The van der Waals surface area contributed by atoms with Gasteiger partial charge in [0.25, 0.3) is 0 Å². The maximum atomic E-state index is 11.5. The predicted molar refractivity (Wildman–Crippen MR) is 147 cm³/mol. The van der Waals surface area contributed by atoms with Crippen molar-refractivity contribution in [3.8, 4) is 17.2 Å². The molecule has 0 saturated carbocycles. The second kappa shape index (κ2) is 12.3. The number of carbonyl (C=O) groups excluding carboxylic acids is 1. The van der Waals surface area contributed by atoms with Crippen LogP contribution in [0.5, 0.6) is 0 Å². The van der Waals surface area contributed by atoms with Crippen molar-refractivity contribution in [1.29, 1.82) is 5.26 Å². The molecule has 0 fully saturated rings. The molecule has 0 bridgehead atoms. The number of fused-ring (bicyclic) bond motifs is 1. The number of nitriles is 1. The van der Waals surface area contributed by atoms with E-state index in [9.17, 15) is 15.2 Å². The molecule has 0 aliphatic rings. The molecule has 1 aromatic heterocycles. The molecule has 5 aromatic rings. The first-order valence-corrected chi connectivity index (χ1v) is 12.7. The third kappa shape index (κ3) is 5.62. The number of aromatic carboxylic acids is 1. The summed E-state index contributed by atoms with van der Waals surface area (Å²) in [6.07, 6.45) is 3.64. The Morgan fingerprint density at radius 3 is 2.37 bits per heavy atom. The summed E-state index contributed by atoms with van der Waals surface area (Å²) >= 11 is 1.71. The van der Waals surface area contributed by atoms with Crippen molar-refractivity contribution >= 4 is 39.9 Å². The van der Waals surface area contributed by atoms with E-state index in [4.69, 9.17) is 0 Å². The minimum atomic E-state index is -1.18. The molecule has 0 atom stereocenters. The van der Waals surface area contributed by atoms with Gasteiger partial charge >= 0.3 is 29.6 Å². The van der Waals surface area contributed by atoms with Gasteiger partial charge in [-0.1, -0.05) is 72.8 Å². The summed E-state index contributed by atoms with van der Waals surface area (Å²) in [6, 6.07) is 30.9. The molecule has 0 spiro atoms. The standard InChI is InChI=1S/C31H23N3O2S.Na/c1-34(28-15-14-23(18-32)25-7-2-4-8-26(25)28)29-19-33-17-16-30(29)37-20-21-10-12-22(13-11-21)24-6-3-5-9-27(24)31(35)36;/h2-17,19H,20H2,1H3,(H,35,36);/q;+1/p-1. The molecule has 4 aromatic carbocycles. The number of aromatic nitrogens is 1. The van der Waals surface area contributed by atoms with Gasteiger partial charge < -0.3 is 14.8 Å². The third-order valence-corrected chi connectivity index (χ3v) is 7.45. The van der Waals surface area contributed by atoms with Crippen LogP contribution in [0.4, 0.5) is 11.4 Å². The second-order valence-electron chi connectivity index (χ2n) is 8.51. The number of pyridine rings is 1. The normalized spacial score (nSPS) is 10.4. The average molecular weight is 524 g/mol. The van der Waals surface area contributed by atoms with Gasteiger partial charge in [-0.05, 0) is 34.9 Å². The summed E-state index contributed by atoms with van der Waals surface area (Å²) in [5.41, 5.74) is 5.42. The zero-order valence-electron chi connectivity index (χ0n) is 21.1.